The van der Waals surface area contributed by atoms with Gasteiger partial charge >= 0.3 is 12.1 Å². The summed E-state index contributed by atoms with van der Waals surface area (Å²) in [4.78, 5) is 36.4. The number of rotatable bonds is 8. The average molecular weight is 451 g/mol. The van der Waals surface area contributed by atoms with Crippen molar-refractivity contribution in [2.75, 3.05) is 13.2 Å². The molecule has 2 aliphatic rings. The molecule has 0 saturated heterocycles. The molecule has 2 amide bonds. The molecule has 33 heavy (non-hydrogen) atoms. The van der Waals surface area contributed by atoms with Crippen LogP contribution in [0.3, 0.4) is 0 Å². The Balaban J connectivity index is 1.30. The van der Waals surface area contributed by atoms with Crippen molar-refractivity contribution in [3.8, 4) is 11.1 Å². The third-order valence-electron chi connectivity index (χ3n) is 6.86. The van der Waals surface area contributed by atoms with Crippen molar-refractivity contribution in [1.82, 2.24) is 10.6 Å². The molecular formula is C26H30N2O5. The number of hydrogen-bond donors (Lipinski definition) is 3. The molecule has 7 heteroatoms. The molecule has 0 aromatic heterocycles. The Morgan fingerprint density at radius 3 is 2.27 bits per heavy atom. The Labute approximate surface area is 193 Å². The number of amides is 2. The summed E-state index contributed by atoms with van der Waals surface area (Å²) in [6.07, 6.45) is 2.00. The monoisotopic (exact) mass is 450 g/mol. The second kappa shape index (κ2) is 10.1. The van der Waals surface area contributed by atoms with E-state index in [1.165, 1.54) is 0 Å². The van der Waals surface area contributed by atoms with Crippen LogP contribution in [0.1, 0.15) is 49.7 Å². The summed E-state index contributed by atoms with van der Waals surface area (Å²) in [7, 11) is 0. The number of carbonyl (C=O) groups excluding carboxylic acids is 2. The number of ether oxygens (including phenoxy) is 1. The smallest absolute Gasteiger partial charge is 0.407 e. The molecule has 4 rings (SSSR count). The van der Waals surface area contributed by atoms with E-state index in [4.69, 9.17) is 4.74 Å². The third-order valence-corrected chi connectivity index (χ3v) is 6.86. The Morgan fingerprint density at radius 1 is 1.03 bits per heavy atom. The number of fused-ring (bicyclic) bond motifs is 3. The standard InChI is InChI=1S/C26H30N2O5/c1-2-16(24(29)28-23-13-7-12-21(23)25(30)31)14-27-26(32)33-15-22-19-10-5-3-8-17(19)18-9-4-6-11-20(18)22/h3-6,8-11,16,21-23H,2,7,12-15H2,1H3,(H,27,32)(H,28,29)(H,30,31)/t16?,21-,23+/m1/s1. The van der Waals surface area contributed by atoms with Gasteiger partial charge < -0.3 is 20.5 Å². The van der Waals surface area contributed by atoms with Crippen molar-refractivity contribution in [2.45, 2.75) is 44.6 Å². The van der Waals surface area contributed by atoms with Gasteiger partial charge in [-0.05, 0) is 41.5 Å². The first-order valence-electron chi connectivity index (χ1n) is 11.6. The first kappa shape index (κ1) is 22.8. The maximum absolute atomic E-state index is 12.7. The third kappa shape index (κ3) is 4.87. The fourth-order valence-electron chi connectivity index (χ4n) is 5.01. The van der Waals surface area contributed by atoms with E-state index in [1.54, 1.807) is 0 Å². The van der Waals surface area contributed by atoms with Gasteiger partial charge in [-0.1, -0.05) is 61.9 Å². The highest BCUT2D eigenvalue weighted by Crippen LogP contribution is 2.44. The van der Waals surface area contributed by atoms with Crippen LogP contribution in [0.2, 0.25) is 0 Å². The fourth-order valence-corrected chi connectivity index (χ4v) is 5.01. The van der Waals surface area contributed by atoms with Crippen molar-refractivity contribution < 1.29 is 24.2 Å². The molecular weight excluding hydrogens is 420 g/mol. The van der Waals surface area contributed by atoms with Crippen LogP contribution in [0.5, 0.6) is 0 Å². The molecule has 174 valence electrons. The van der Waals surface area contributed by atoms with Gasteiger partial charge in [0.15, 0.2) is 0 Å². The summed E-state index contributed by atoms with van der Waals surface area (Å²) in [5.74, 6) is -2.11. The van der Waals surface area contributed by atoms with Gasteiger partial charge in [0, 0.05) is 18.5 Å². The Bertz CT molecular complexity index is 991. The number of carbonyl (C=O) groups is 3. The van der Waals surface area contributed by atoms with Crippen molar-refractivity contribution in [3.63, 3.8) is 0 Å². The first-order chi connectivity index (χ1) is 16.0. The van der Waals surface area contributed by atoms with E-state index in [9.17, 15) is 19.5 Å². The van der Waals surface area contributed by atoms with E-state index in [0.29, 0.717) is 19.3 Å². The lowest BCUT2D eigenvalue weighted by molar-refractivity contribution is -0.142. The summed E-state index contributed by atoms with van der Waals surface area (Å²) in [5.41, 5.74) is 4.61. The van der Waals surface area contributed by atoms with E-state index in [-0.39, 0.29) is 31.0 Å². The number of carboxylic acid groups (broad SMARTS) is 1. The summed E-state index contributed by atoms with van der Waals surface area (Å²) < 4.78 is 5.54. The number of carboxylic acids is 1. The molecule has 1 unspecified atom stereocenters. The molecule has 0 aliphatic heterocycles. The maximum atomic E-state index is 12.7. The van der Waals surface area contributed by atoms with Gasteiger partial charge in [0.1, 0.15) is 6.61 Å². The second-order valence-electron chi connectivity index (χ2n) is 8.80. The molecule has 0 heterocycles. The van der Waals surface area contributed by atoms with Crippen molar-refractivity contribution in [3.05, 3.63) is 59.7 Å². The Hall–Kier alpha value is -3.35. The lowest BCUT2D eigenvalue weighted by Gasteiger charge is -2.22. The largest absolute Gasteiger partial charge is 0.481 e. The fraction of sp³-hybridized carbons (Fsp3) is 0.423. The van der Waals surface area contributed by atoms with E-state index in [2.05, 4.69) is 34.9 Å². The highest BCUT2D eigenvalue weighted by atomic mass is 16.5. The van der Waals surface area contributed by atoms with Gasteiger partial charge in [-0.3, -0.25) is 9.59 Å². The molecule has 2 aromatic rings. The lowest BCUT2D eigenvalue weighted by atomic mass is 9.98. The zero-order valence-electron chi connectivity index (χ0n) is 18.8. The quantitative estimate of drug-likeness (QED) is 0.565. The SMILES string of the molecule is CCC(CNC(=O)OCC1c2ccccc2-c2ccccc21)C(=O)N[C@H]1CCC[C@H]1C(=O)O. The lowest BCUT2D eigenvalue weighted by Crippen LogP contribution is -2.45. The molecule has 0 spiro atoms. The molecule has 2 aromatic carbocycles. The van der Waals surface area contributed by atoms with Crippen LogP contribution >= 0.6 is 0 Å². The summed E-state index contributed by atoms with van der Waals surface area (Å²) in [5, 5.41) is 14.9. The first-order valence-corrected chi connectivity index (χ1v) is 11.6. The number of aliphatic carboxylic acids is 1. The van der Waals surface area contributed by atoms with E-state index in [1.807, 2.05) is 31.2 Å². The second-order valence-corrected chi connectivity index (χ2v) is 8.80. The predicted octanol–water partition coefficient (Wildman–Crippen LogP) is 3.92. The molecule has 1 fully saturated rings. The highest BCUT2D eigenvalue weighted by molar-refractivity contribution is 5.81. The minimum Gasteiger partial charge on any atom is -0.481 e. The zero-order valence-corrected chi connectivity index (χ0v) is 18.8. The number of hydrogen-bond acceptors (Lipinski definition) is 4. The molecule has 0 radical (unpaired) electrons. The number of nitrogens with one attached hydrogen (secondary N) is 2. The molecule has 0 bridgehead atoms. The van der Waals surface area contributed by atoms with E-state index in [0.717, 1.165) is 28.7 Å². The van der Waals surface area contributed by atoms with Gasteiger partial charge in [0.2, 0.25) is 5.91 Å². The molecule has 3 atom stereocenters. The van der Waals surface area contributed by atoms with Crippen LogP contribution in [-0.4, -0.2) is 42.3 Å². The van der Waals surface area contributed by atoms with Crippen LogP contribution in [0.15, 0.2) is 48.5 Å². The molecule has 3 N–H and O–H groups in total. The van der Waals surface area contributed by atoms with Gasteiger partial charge in [0.25, 0.3) is 0 Å². The van der Waals surface area contributed by atoms with Crippen LogP contribution < -0.4 is 10.6 Å². The van der Waals surface area contributed by atoms with Crippen LogP contribution in [0.25, 0.3) is 11.1 Å². The minimum absolute atomic E-state index is 0.0243. The van der Waals surface area contributed by atoms with Crippen LogP contribution in [0.4, 0.5) is 4.79 Å². The van der Waals surface area contributed by atoms with Gasteiger partial charge in [0.05, 0.1) is 11.8 Å². The molecule has 7 nitrogen and oxygen atoms in total. The van der Waals surface area contributed by atoms with Crippen molar-refractivity contribution >= 4 is 18.0 Å². The van der Waals surface area contributed by atoms with E-state index >= 15 is 0 Å². The minimum atomic E-state index is -0.873. The Kier molecular flexibility index (Phi) is 6.96. The normalized spacial score (nSPS) is 19.9. The molecule has 2 aliphatic carbocycles. The average Bonchev–Trinajstić information content (AvgIpc) is 3.41. The Morgan fingerprint density at radius 2 is 1.67 bits per heavy atom. The van der Waals surface area contributed by atoms with Crippen LogP contribution in [-0.2, 0) is 14.3 Å². The van der Waals surface area contributed by atoms with Crippen molar-refractivity contribution in [1.29, 1.82) is 0 Å². The zero-order chi connectivity index (χ0) is 23.4. The van der Waals surface area contributed by atoms with Crippen LogP contribution in [0, 0.1) is 11.8 Å². The summed E-state index contributed by atoms with van der Waals surface area (Å²) in [6.45, 7) is 2.22. The predicted molar refractivity (Wildman–Crippen MR) is 124 cm³/mol. The summed E-state index contributed by atoms with van der Waals surface area (Å²) >= 11 is 0. The van der Waals surface area contributed by atoms with Crippen molar-refractivity contribution in [2.24, 2.45) is 11.8 Å². The topological polar surface area (TPSA) is 105 Å². The number of benzene rings is 2. The van der Waals surface area contributed by atoms with Gasteiger partial charge in [-0.2, -0.15) is 0 Å². The summed E-state index contributed by atoms with van der Waals surface area (Å²) in [6, 6.07) is 15.9. The number of alkyl carbamates (subject to hydrolysis) is 1. The van der Waals surface area contributed by atoms with Gasteiger partial charge in [-0.15, -0.1) is 0 Å². The maximum Gasteiger partial charge on any atom is 0.407 e. The highest BCUT2D eigenvalue weighted by Gasteiger charge is 2.35. The van der Waals surface area contributed by atoms with Gasteiger partial charge in [-0.25, -0.2) is 4.79 Å². The molecule has 1 saturated carbocycles. The van der Waals surface area contributed by atoms with E-state index < -0.39 is 23.9 Å².